The van der Waals surface area contributed by atoms with Crippen LogP contribution in [0, 0.1) is 0 Å². The van der Waals surface area contributed by atoms with Gasteiger partial charge in [-0.15, -0.1) is 0 Å². The van der Waals surface area contributed by atoms with E-state index >= 15 is 0 Å². The molecule has 1 aliphatic rings. The third-order valence-corrected chi connectivity index (χ3v) is 2.22. The number of nitrogens with zero attached hydrogens (tertiary/aromatic N) is 3. The predicted molar refractivity (Wildman–Crippen MR) is 55.9 cm³/mol. The number of hydrogen-bond acceptors (Lipinski definition) is 3. The number of halogens is 1. The highest BCUT2D eigenvalue weighted by molar-refractivity contribution is 6.30. The quantitative estimate of drug-likeness (QED) is 0.733. The second-order valence-electron chi connectivity index (χ2n) is 3.07. The second-order valence-corrected chi connectivity index (χ2v) is 3.51. The third kappa shape index (κ3) is 2.33. The Balaban J connectivity index is 2.00. The standard InChI is InChI=1S/C10H10ClN3/c11-10-3-1-9(2-4-10)7-14-6-5-12-13-8-14/h1-6H,7-8H2. The normalized spacial score (nSPS) is 14.8. The molecule has 0 amide bonds. The van der Waals surface area contributed by atoms with E-state index < -0.39 is 0 Å². The highest BCUT2D eigenvalue weighted by Crippen LogP contribution is 2.12. The van der Waals surface area contributed by atoms with Gasteiger partial charge in [0.2, 0.25) is 0 Å². The molecule has 1 aliphatic heterocycles. The molecule has 0 fully saturated rings. The van der Waals surface area contributed by atoms with Gasteiger partial charge in [0.25, 0.3) is 0 Å². The fourth-order valence-corrected chi connectivity index (χ4v) is 1.39. The van der Waals surface area contributed by atoms with Crippen LogP contribution in [0.25, 0.3) is 0 Å². The van der Waals surface area contributed by atoms with E-state index in [1.165, 1.54) is 5.56 Å². The molecule has 0 atom stereocenters. The molecule has 1 heterocycles. The van der Waals surface area contributed by atoms with Crippen molar-refractivity contribution < 1.29 is 0 Å². The Morgan fingerprint density at radius 3 is 2.71 bits per heavy atom. The zero-order chi connectivity index (χ0) is 9.80. The van der Waals surface area contributed by atoms with E-state index in [1.54, 1.807) is 6.20 Å². The van der Waals surface area contributed by atoms with E-state index in [4.69, 9.17) is 11.6 Å². The summed E-state index contributed by atoms with van der Waals surface area (Å²) in [5, 5.41) is 8.44. The van der Waals surface area contributed by atoms with Crippen LogP contribution in [0.4, 0.5) is 0 Å². The van der Waals surface area contributed by atoms with Gasteiger partial charge in [0, 0.05) is 17.8 Å². The largest absolute Gasteiger partial charge is 0.351 e. The molecule has 1 aromatic carbocycles. The fourth-order valence-electron chi connectivity index (χ4n) is 1.26. The van der Waals surface area contributed by atoms with E-state index in [0.29, 0.717) is 6.67 Å². The minimum atomic E-state index is 0.624. The van der Waals surface area contributed by atoms with E-state index in [0.717, 1.165) is 11.6 Å². The summed E-state index contributed by atoms with van der Waals surface area (Å²) in [6.07, 6.45) is 3.63. The molecular weight excluding hydrogens is 198 g/mol. The van der Waals surface area contributed by atoms with Crippen molar-refractivity contribution >= 4 is 11.6 Å². The molecule has 0 saturated carbocycles. The summed E-state index contributed by atoms with van der Waals surface area (Å²) in [4.78, 5) is 2.08. The van der Waals surface area contributed by atoms with E-state index in [1.807, 2.05) is 30.5 Å². The van der Waals surface area contributed by atoms with Crippen LogP contribution >= 0.6 is 11.6 Å². The Labute approximate surface area is 87.7 Å². The molecule has 0 bridgehead atoms. The van der Waals surface area contributed by atoms with E-state index in [2.05, 4.69) is 15.1 Å². The Hall–Kier alpha value is -1.35. The van der Waals surface area contributed by atoms with Crippen LogP contribution < -0.4 is 0 Å². The molecule has 0 saturated heterocycles. The first kappa shape index (κ1) is 9.21. The fraction of sp³-hybridized carbons (Fsp3) is 0.200. The minimum Gasteiger partial charge on any atom is -0.351 e. The number of rotatable bonds is 2. The van der Waals surface area contributed by atoms with Crippen molar-refractivity contribution in [3.8, 4) is 0 Å². The van der Waals surface area contributed by atoms with Gasteiger partial charge in [-0.05, 0) is 17.7 Å². The van der Waals surface area contributed by atoms with E-state index in [9.17, 15) is 0 Å². The lowest BCUT2D eigenvalue weighted by Gasteiger charge is -2.18. The maximum atomic E-state index is 5.79. The summed E-state index contributed by atoms with van der Waals surface area (Å²) in [5.74, 6) is 0. The lowest BCUT2D eigenvalue weighted by atomic mass is 10.2. The summed E-state index contributed by atoms with van der Waals surface area (Å²) < 4.78 is 0. The van der Waals surface area contributed by atoms with Gasteiger partial charge in [0.1, 0.15) is 6.67 Å². The van der Waals surface area contributed by atoms with Crippen LogP contribution in [0.3, 0.4) is 0 Å². The third-order valence-electron chi connectivity index (χ3n) is 1.97. The van der Waals surface area contributed by atoms with Crippen molar-refractivity contribution in [2.24, 2.45) is 10.2 Å². The van der Waals surface area contributed by atoms with Gasteiger partial charge in [0.15, 0.2) is 0 Å². The summed E-state index contributed by atoms with van der Waals surface area (Å²) in [7, 11) is 0. The van der Waals surface area contributed by atoms with Crippen LogP contribution in [0.2, 0.25) is 5.02 Å². The maximum absolute atomic E-state index is 5.79. The first-order valence-corrected chi connectivity index (χ1v) is 4.74. The van der Waals surface area contributed by atoms with Gasteiger partial charge in [-0.25, -0.2) is 0 Å². The highest BCUT2D eigenvalue weighted by Gasteiger charge is 2.02. The zero-order valence-corrected chi connectivity index (χ0v) is 8.35. The van der Waals surface area contributed by atoms with Crippen LogP contribution in [0.1, 0.15) is 5.56 Å². The molecule has 1 aromatic rings. The molecular formula is C10H10ClN3. The van der Waals surface area contributed by atoms with Gasteiger partial charge in [-0.1, -0.05) is 23.7 Å². The molecule has 0 aliphatic carbocycles. The molecule has 3 nitrogen and oxygen atoms in total. The van der Waals surface area contributed by atoms with Crippen molar-refractivity contribution in [2.75, 3.05) is 6.67 Å². The van der Waals surface area contributed by atoms with Crippen LogP contribution in [0.5, 0.6) is 0 Å². The van der Waals surface area contributed by atoms with Gasteiger partial charge in [-0.3, -0.25) is 0 Å². The number of hydrogen-bond donors (Lipinski definition) is 0. The molecule has 0 unspecified atom stereocenters. The number of benzene rings is 1. The van der Waals surface area contributed by atoms with Crippen molar-refractivity contribution in [3.63, 3.8) is 0 Å². The summed E-state index contributed by atoms with van der Waals surface area (Å²) in [6.45, 7) is 1.46. The lowest BCUT2D eigenvalue weighted by molar-refractivity contribution is 0.364. The minimum absolute atomic E-state index is 0.624. The molecule has 72 valence electrons. The molecule has 0 spiro atoms. The lowest BCUT2D eigenvalue weighted by Crippen LogP contribution is -2.17. The van der Waals surface area contributed by atoms with Gasteiger partial charge < -0.3 is 4.90 Å². The van der Waals surface area contributed by atoms with Crippen molar-refractivity contribution in [3.05, 3.63) is 47.3 Å². The van der Waals surface area contributed by atoms with E-state index in [-0.39, 0.29) is 0 Å². The Morgan fingerprint density at radius 2 is 2.07 bits per heavy atom. The SMILES string of the molecule is Clc1ccc(CN2C=CN=NC2)cc1. The van der Waals surface area contributed by atoms with Crippen LogP contribution in [0.15, 0.2) is 46.9 Å². The first-order chi connectivity index (χ1) is 6.84. The maximum Gasteiger partial charge on any atom is 0.131 e. The Morgan fingerprint density at radius 1 is 1.29 bits per heavy atom. The van der Waals surface area contributed by atoms with Crippen molar-refractivity contribution in [1.82, 2.24) is 4.90 Å². The average Bonchev–Trinajstić information content (AvgIpc) is 2.23. The molecule has 4 heteroatoms. The Bertz CT molecular complexity index is 356. The van der Waals surface area contributed by atoms with Gasteiger partial charge in [-0.2, -0.15) is 10.2 Å². The monoisotopic (exact) mass is 207 g/mol. The second kappa shape index (κ2) is 4.24. The van der Waals surface area contributed by atoms with Crippen LogP contribution in [-0.2, 0) is 6.54 Å². The summed E-state index contributed by atoms with van der Waals surface area (Å²) >= 11 is 5.79. The summed E-state index contributed by atoms with van der Waals surface area (Å²) in [6, 6.07) is 7.82. The van der Waals surface area contributed by atoms with Gasteiger partial charge >= 0.3 is 0 Å². The molecule has 0 aromatic heterocycles. The zero-order valence-electron chi connectivity index (χ0n) is 7.60. The molecule has 14 heavy (non-hydrogen) atoms. The topological polar surface area (TPSA) is 28.0 Å². The molecule has 0 radical (unpaired) electrons. The first-order valence-electron chi connectivity index (χ1n) is 4.36. The highest BCUT2D eigenvalue weighted by atomic mass is 35.5. The van der Waals surface area contributed by atoms with Crippen molar-refractivity contribution in [1.29, 1.82) is 0 Å². The number of azo groups is 1. The smallest absolute Gasteiger partial charge is 0.131 e. The Kier molecular flexibility index (Phi) is 2.79. The van der Waals surface area contributed by atoms with Crippen molar-refractivity contribution in [2.45, 2.75) is 6.54 Å². The molecule has 2 rings (SSSR count). The van der Waals surface area contributed by atoms with Crippen LogP contribution in [-0.4, -0.2) is 11.6 Å². The van der Waals surface area contributed by atoms with Gasteiger partial charge in [0.05, 0.1) is 6.20 Å². The molecule has 0 N–H and O–H groups in total. The predicted octanol–water partition coefficient (Wildman–Crippen LogP) is 3.04. The summed E-state index contributed by atoms with van der Waals surface area (Å²) in [5.41, 5.74) is 1.22. The average molecular weight is 208 g/mol.